The van der Waals surface area contributed by atoms with Crippen LogP contribution in [0.25, 0.3) is 0 Å². The molecule has 2 unspecified atom stereocenters. The zero-order chi connectivity index (χ0) is 11.5. The number of hydrogen-bond donors (Lipinski definition) is 0. The summed E-state index contributed by atoms with van der Waals surface area (Å²) in [6.45, 7) is 10.5. The molecule has 86 valence electrons. The van der Waals surface area contributed by atoms with Crippen molar-refractivity contribution in [2.45, 2.75) is 52.9 Å². The minimum atomic E-state index is 0.225. The maximum atomic E-state index is 11.6. The average molecular weight is 208 g/mol. The van der Waals surface area contributed by atoms with Gasteiger partial charge in [0.1, 0.15) is 5.78 Å². The van der Waals surface area contributed by atoms with Crippen LogP contribution in [0.4, 0.5) is 0 Å². The van der Waals surface area contributed by atoms with Gasteiger partial charge in [0.15, 0.2) is 0 Å². The number of allylic oxidation sites excluding steroid dienone is 1. The Kier molecular flexibility index (Phi) is 4.12. The Labute approximate surface area is 93.9 Å². The highest BCUT2D eigenvalue weighted by atomic mass is 16.1. The standard InChI is InChI=1S/C14H24O/c1-5-6-7-11(2)12-8-13(15)10-14(3,4)9-12/h5,11-12H,1,6-10H2,2-4H3. The minimum Gasteiger partial charge on any atom is -0.300 e. The highest BCUT2D eigenvalue weighted by Crippen LogP contribution is 2.40. The van der Waals surface area contributed by atoms with E-state index in [4.69, 9.17) is 0 Å². The summed E-state index contributed by atoms with van der Waals surface area (Å²) < 4.78 is 0. The van der Waals surface area contributed by atoms with Gasteiger partial charge < -0.3 is 0 Å². The van der Waals surface area contributed by atoms with Crippen LogP contribution in [0.2, 0.25) is 0 Å². The van der Waals surface area contributed by atoms with Crippen LogP contribution in [0.5, 0.6) is 0 Å². The van der Waals surface area contributed by atoms with Crippen molar-refractivity contribution in [3.63, 3.8) is 0 Å². The van der Waals surface area contributed by atoms with Gasteiger partial charge in [-0.15, -0.1) is 6.58 Å². The molecule has 2 atom stereocenters. The summed E-state index contributed by atoms with van der Waals surface area (Å²) >= 11 is 0. The van der Waals surface area contributed by atoms with E-state index >= 15 is 0 Å². The molecule has 0 saturated heterocycles. The van der Waals surface area contributed by atoms with Gasteiger partial charge in [-0.05, 0) is 36.5 Å². The second kappa shape index (κ2) is 4.96. The van der Waals surface area contributed by atoms with Gasteiger partial charge in [0, 0.05) is 12.8 Å². The molecular formula is C14H24O. The molecule has 0 aliphatic heterocycles. The average Bonchev–Trinajstić information content (AvgIpc) is 2.10. The molecular weight excluding hydrogens is 184 g/mol. The second-order valence-corrected chi connectivity index (χ2v) is 5.89. The van der Waals surface area contributed by atoms with E-state index in [2.05, 4.69) is 27.4 Å². The van der Waals surface area contributed by atoms with Crippen LogP contribution in [-0.2, 0) is 4.79 Å². The topological polar surface area (TPSA) is 17.1 Å². The highest BCUT2D eigenvalue weighted by molar-refractivity contribution is 5.80. The number of carbonyl (C=O) groups is 1. The number of hydrogen-bond acceptors (Lipinski definition) is 1. The molecule has 0 aromatic heterocycles. The highest BCUT2D eigenvalue weighted by Gasteiger charge is 2.34. The first-order valence-corrected chi connectivity index (χ1v) is 6.07. The number of carbonyl (C=O) groups excluding carboxylic acids is 1. The summed E-state index contributed by atoms with van der Waals surface area (Å²) in [6.07, 6.45) is 7.02. The maximum absolute atomic E-state index is 11.6. The molecule has 0 aromatic carbocycles. The lowest BCUT2D eigenvalue weighted by atomic mass is 9.67. The van der Waals surface area contributed by atoms with E-state index in [-0.39, 0.29) is 5.41 Å². The van der Waals surface area contributed by atoms with E-state index in [1.807, 2.05) is 6.08 Å². The summed E-state index contributed by atoms with van der Waals surface area (Å²) in [7, 11) is 0. The largest absolute Gasteiger partial charge is 0.300 e. The van der Waals surface area contributed by atoms with Gasteiger partial charge in [-0.1, -0.05) is 26.8 Å². The molecule has 0 N–H and O–H groups in total. The van der Waals surface area contributed by atoms with Crippen LogP contribution in [0, 0.1) is 17.3 Å². The Balaban J connectivity index is 2.53. The van der Waals surface area contributed by atoms with Crippen LogP contribution >= 0.6 is 0 Å². The van der Waals surface area contributed by atoms with Crippen LogP contribution < -0.4 is 0 Å². The van der Waals surface area contributed by atoms with E-state index in [0.29, 0.717) is 17.6 Å². The SMILES string of the molecule is C=CCCC(C)C1CC(=O)CC(C)(C)C1. The fraction of sp³-hybridized carbons (Fsp3) is 0.786. The van der Waals surface area contributed by atoms with Gasteiger partial charge in [0.05, 0.1) is 0 Å². The molecule has 1 aliphatic carbocycles. The number of Topliss-reactive ketones (excluding diaryl/α,β-unsaturated/α-hetero) is 1. The van der Waals surface area contributed by atoms with Crippen LogP contribution in [-0.4, -0.2) is 5.78 Å². The lowest BCUT2D eigenvalue weighted by Gasteiger charge is -2.37. The predicted molar refractivity (Wildman–Crippen MR) is 64.7 cm³/mol. The van der Waals surface area contributed by atoms with Crippen molar-refractivity contribution in [1.82, 2.24) is 0 Å². The van der Waals surface area contributed by atoms with Crippen LogP contribution in [0.15, 0.2) is 12.7 Å². The van der Waals surface area contributed by atoms with Gasteiger partial charge in [-0.3, -0.25) is 4.79 Å². The Morgan fingerprint density at radius 2 is 2.27 bits per heavy atom. The fourth-order valence-electron chi connectivity index (χ4n) is 2.77. The minimum absolute atomic E-state index is 0.225. The first kappa shape index (κ1) is 12.5. The van der Waals surface area contributed by atoms with Crippen LogP contribution in [0.1, 0.15) is 52.9 Å². The summed E-state index contributed by atoms with van der Waals surface area (Å²) in [5, 5.41) is 0. The Morgan fingerprint density at radius 3 is 2.80 bits per heavy atom. The summed E-state index contributed by atoms with van der Waals surface area (Å²) in [4.78, 5) is 11.6. The van der Waals surface area contributed by atoms with Gasteiger partial charge in [-0.25, -0.2) is 0 Å². The summed E-state index contributed by atoms with van der Waals surface area (Å²) in [5.74, 6) is 1.72. The molecule has 1 aliphatic rings. The van der Waals surface area contributed by atoms with Crippen molar-refractivity contribution in [1.29, 1.82) is 0 Å². The molecule has 1 fully saturated rings. The molecule has 15 heavy (non-hydrogen) atoms. The first-order valence-electron chi connectivity index (χ1n) is 6.07. The third-order valence-electron chi connectivity index (χ3n) is 3.61. The molecule has 0 spiro atoms. The van der Waals surface area contributed by atoms with Crippen molar-refractivity contribution < 1.29 is 4.79 Å². The van der Waals surface area contributed by atoms with Gasteiger partial charge in [0.25, 0.3) is 0 Å². The van der Waals surface area contributed by atoms with Crippen LogP contribution in [0.3, 0.4) is 0 Å². The molecule has 0 bridgehead atoms. The van der Waals surface area contributed by atoms with Gasteiger partial charge >= 0.3 is 0 Å². The Bertz CT molecular complexity index is 240. The van der Waals surface area contributed by atoms with Crippen molar-refractivity contribution in [3.05, 3.63) is 12.7 Å². The van der Waals surface area contributed by atoms with Gasteiger partial charge in [-0.2, -0.15) is 0 Å². The van der Waals surface area contributed by atoms with E-state index in [1.54, 1.807) is 0 Å². The van der Waals surface area contributed by atoms with Crippen molar-refractivity contribution in [2.24, 2.45) is 17.3 Å². The van der Waals surface area contributed by atoms with Crippen molar-refractivity contribution >= 4 is 5.78 Å². The Hall–Kier alpha value is -0.590. The monoisotopic (exact) mass is 208 g/mol. The smallest absolute Gasteiger partial charge is 0.133 e. The maximum Gasteiger partial charge on any atom is 0.133 e. The zero-order valence-corrected chi connectivity index (χ0v) is 10.4. The normalized spacial score (nSPS) is 27.4. The molecule has 0 amide bonds. The molecule has 1 saturated carbocycles. The summed E-state index contributed by atoms with van der Waals surface area (Å²) in [6, 6.07) is 0. The Morgan fingerprint density at radius 1 is 1.60 bits per heavy atom. The second-order valence-electron chi connectivity index (χ2n) is 5.89. The zero-order valence-electron chi connectivity index (χ0n) is 10.4. The number of rotatable bonds is 4. The van der Waals surface area contributed by atoms with Gasteiger partial charge in [0.2, 0.25) is 0 Å². The predicted octanol–water partition coefficient (Wildman–Crippen LogP) is 3.98. The van der Waals surface area contributed by atoms with E-state index in [0.717, 1.165) is 19.3 Å². The van der Waals surface area contributed by atoms with E-state index in [9.17, 15) is 4.79 Å². The molecule has 0 heterocycles. The molecule has 0 radical (unpaired) electrons. The lowest BCUT2D eigenvalue weighted by molar-refractivity contribution is -0.125. The van der Waals surface area contributed by atoms with Crippen molar-refractivity contribution in [3.8, 4) is 0 Å². The quantitative estimate of drug-likeness (QED) is 0.639. The lowest BCUT2D eigenvalue weighted by Crippen LogP contribution is -2.32. The number of ketones is 1. The third-order valence-corrected chi connectivity index (χ3v) is 3.61. The summed E-state index contributed by atoms with van der Waals surface area (Å²) in [5.41, 5.74) is 0.225. The third kappa shape index (κ3) is 3.81. The molecule has 1 rings (SSSR count). The van der Waals surface area contributed by atoms with E-state index < -0.39 is 0 Å². The molecule has 1 nitrogen and oxygen atoms in total. The molecule has 1 heteroatoms. The van der Waals surface area contributed by atoms with Crippen molar-refractivity contribution in [2.75, 3.05) is 0 Å². The van der Waals surface area contributed by atoms with E-state index in [1.165, 1.54) is 12.8 Å². The fourth-order valence-corrected chi connectivity index (χ4v) is 2.77. The first-order chi connectivity index (χ1) is 6.94. The molecule has 0 aromatic rings.